The number of carboxylic acid groups (broad SMARTS) is 1. The number of aromatic nitrogens is 2. The molecule has 190 valence electrons. The minimum Gasteiger partial charge on any atom is -0.480 e. The van der Waals surface area contributed by atoms with Gasteiger partial charge in [0.2, 0.25) is 0 Å². The molecule has 12 heteroatoms. The van der Waals surface area contributed by atoms with Crippen molar-refractivity contribution in [2.24, 2.45) is 13.0 Å². The second kappa shape index (κ2) is 11.3. The van der Waals surface area contributed by atoms with Crippen molar-refractivity contribution in [2.45, 2.75) is 38.1 Å². The van der Waals surface area contributed by atoms with Gasteiger partial charge >= 0.3 is 12.0 Å². The molecule has 0 radical (unpaired) electrons. The van der Waals surface area contributed by atoms with E-state index in [0.717, 1.165) is 37.7 Å². The van der Waals surface area contributed by atoms with Gasteiger partial charge in [0.15, 0.2) is 0 Å². The van der Waals surface area contributed by atoms with E-state index in [1.165, 1.54) is 11.3 Å². The van der Waals surface area contributed by atoms with Crippen LogP contribution in [0.25, 0.3) is 10.4 Å². The van der Waals surface area contributed by atoms with Crippen LogP contribution in [0.3, 0.4) is 0 Å². The highest BCUT2D eigenvalue weighted by atomic mass is 35.5. The third kappa shape index (κ3) is 6.00. The van der Waals surface area contributed by atoms with E-state index in [1.54, 1.807) is 48.4 Å². The smallest absolute Gasteiger partial charge is 0.326 e. The molecule has 1 aliphatic rings. The minimum atomic E-state index is -1.07. The van der Waals surface area contributed by atoms with Gasteiger partial charge < -0.3 is 15.7 Å². The van der Waals surface area contributed by atoms with E-state index in [2.05, 4.69) is 21.0 Å². The van der Waals surface area contributed by atoms with E-state index < -0.39 is 23.9 Å². The maximum absolute atomic E-state index is 13.3. The largest absolute Gasteiger partial charge is 0.480 e. The lowest BCUT2D eigenvalue weighted by Crippen LogP contribution is -2.46. The van der Waals surface area contributed by atoms with Crippen molar-refractivity contribution in [1.82, 2.24) is 15.1 Å². The first-order chi connectivity index (χ1) is 17.2. The third-order valence-electron chi connectivity index (χ3n) is 6.07. The number of hydrogen-bond acceptors (Lipinski definition) is 5. The predicted octanol–water partition coefficient (Wildman–Crippen LogP) is 5.86. The Labute approximate surface area is 221 Å². The van der Waals surface area contributed by atoms with Crippen molar-refractivity contribution in [3.05, 3.63) is 52.3 Å². The van der Waals surface area contributed by atoms with Crippen molar-refractivity contribution in [3.63, 3.8) is 0 Å². The molecule has 1 aliphatic carbocycles. The summed E-state index contributed by atoms with van der Waals surface area (Å²) >= 11 is 13.5. The molecule has 3 aromatic rings. The molecule has 0 spiro atoms. The van der Waals surface area contributed by atoms with Gasteiger partial charge in [-0.15, -0.1) is 11.3 Å². The number of halogens is 2. The van der Waals surface area contributed by atoms with Crippen LogP contribution in [-0.4, -0.2) is 38.8 Å². The Kier molecular flexibility index (Phi) is 8.17. The van der Waals surface area contributed by atoms with Crippen molar-refractivity contribution >= 4 is 63.1 Å². The number of hydrogen-bond donors (Lipinski definition) is 4. The monoisotopic (exact) mass is 549 g/mol. The zero-order chi connectivity index (χ0) is 25.8. The molecular weight excluding hydrogens is 525 g/mol. The average Bonchev–Trinajstić information content (AvgIpc) is 3.46. The van der Waals surface area contributed by atoms with Crippen LogP contribution in [0.15, 0.2) is 36.7 Å². The highest BCUT2D eigenvalue weighted by Gasteiger charge is 2.32. The summed E-state index contributed by atoms with van der Waals surface area (Å²) in [7, 11) is 1.77. The quantitative estimate of drug-likeness (QED) is 0.293. The van der Waals surface area contributed by atoms with Crippen molar-refractivity contribution in [2.75, 3.05) is 10.6 Å². The molecule has 4 rings (SSSR count). The third-order valence-corrected chi connectivity index (χ3v) is 7.80. The lowest BCUT2D eigenvalue weighted by Gasteiger charge is -2.28. The number of thiophene rings is 1. The standard InChI is InChI=1S/C24H25Cl2N5O4S/c1-31-12-14(11-27-31)18-10-15(21(32)28-19(23(33)34)13-6-3-2-4-7-13)22(36-18)30-24(35)29-20-16(25)8-5-9-17(20)26/h5,8-13,19H,2-4,6-7H2,1H3,(H,28,32)(H,33,34)(H2,29,30,35)/t19-/m0/s1. The van der Waals surface area contributed by atoms with E-state index in [9.17, 15) is 19.5 Å². The molecule has 0 aliphatic heterocycles. The first-order valence-electron chi connectivity index (χ1n) is 11.4. The number of carboxylic acids is 1. The number of nitrogens with zero attached hydrogens (tertiary/aromatic N) is 2. The number of aliphatic carboxylic acids is 1. The fourth-order valence-electron chi connectivity index (χ4n) is 4.28. The summed E-state index contributed by atoms with van der Waals surface area (Å²) in [4.78, 5) is 38.8. The fraction of sp³-hybridized carbons (Fsp3) is 0.333. The normalized spacial score (nSPS) is 14.8. The summed E-state index contributed by atoms with van der Waals surface area (Å²) in [5.41, 5.74) is 1.14. The molecule has 1 aromatic carbocycles. The Morgan fingerprint density at radius 1 is 1.14 bits per heavy atom. The van der Waals surface area contributed by atoms with Crippen LogP contribution < -0.4 is 16.0 Å². The molecule has 9 nitrogen and oxygen atoms in total. The second-order valence-corrected chi connectivity index (χ2v) is 10.5. The van der Waals surface area contributed by atoms with Gasteiger partial charge in [0, 0.05) is 23.7 Å². The Morgan fingerprint density at radius 2 is 1.83 bits per heavy atom. The summed E-state index contributed by atoms with van der Waals surface area (Å²) in [5, 5.41) is 22.7. The van der Waals surface area contributed by atoms with Crippen LogP contribution in [0, 0.1) is 5.92 Å². The molecule has 2 aromatic heterocycles. The van der Waals surface area contributed by atoms with Gasteiger partial charge in [-0.3, -0.25) is 14.8 Å². The van der Waals surface area contributed by atoms with Crippen molar-refractivity contribution < 1.29 is 19.5 Å². The van der Waals surface area contributed by atoms with E-state index in [4.69, 9.17) is 23.2 Å². The molecule has 0 bridgehead atoms. The van der Waals surface area contributed by atoms with Gasteiger partial charge in [0.1, 0.15) is 11.0 Å². The van der Waals surface area contributed by atoms with Crippen LogP contribution in [0.1, 0.15) is 42.5 Å². The maximum Gasteiger partial charge on any atom is 0.326 e. The highest BCUT2D eigenvalue weighted by Crippen LogP contribution is 2.36. The molecule has 4 N–H and O–H groups in total. The fourth-order valence-corrected chi connectivity index (χ4v) is 5.79. The Balaban J connectivity index is 1.60. The number of anilines is 2. The molecule has 1 fully saturated rings. The van der Waals surface area contributed by atoms with Crippen molar-refractivity contribution in [3.8, 4) is 10.4 Å². The Hall–Kier alpha value is -3.08. The van der Waals surface area contributed by atoms with Gasteiger partial charge in [-0.1, -0.05) is 48.5 Å². The number of carbonyl (C=O) groups is 3. The van der Waals surface area contributed by atoms with Gasteiger partial charge in [0.05, 0.1) is 27.5 Å². The molecule has 1 atom stereocenters. The summed E-state index contributed by atoms with van der Waals surface area (Å²) in [6.45, 7) is 0. The number of para-hydroxylation sites is 1. The van der Waals surface area contributed by atoms with Gasteiger partial charge in [-0.25, -0.2) is 9.59 Å². The highest BCUT2D eigenvalue weighted by molar-refractivity contribution is 7.20. The molecular formula is C24H25Cl2N5O4S. The SMILES string of the molecule is Cn1cc(-c2cc(C(=O)N[C@H](C(=O)O)C3CCCCC3)c(NC(=O)Nc3c(Cl)cccc3Cl)s2)cn1. The lowest BCUT2D eigenvalue weighted by molar-refractivity contribution is -0.141. The summed E-state index contributed by atoms with van der Waals surface area (Å²) in [6.07, 6.45) is 7.85. The summed E-state index contributed by atoms with van der Waals surface area (Å²) < 4.78 is 1.62. The topological polar surface area (TPSA) is 125 Å². The molecule has 0 saturated heterocycles. The zero-order valence-electron chi connectivity index (χ0n) is 19.4. The maximum atomic E-state index is 13.3. The van der Waals surface area contributed by atoms with Gasteiger partial charge in [0.25, 0.3) is 5.91 Å². The number of urea groups is 1. The Morgan fingerprint density at radius 3 is 2.44 bits per heavy atom. The number of rotatable bonds is 7. The van der Waals surface area contributed by atoms with Crippen LogP contribution in [-0.2, 0) is 11.8 Å². The van der Waals surface area contributed by atoms with E-state index in [0.29, 0.717) is 4.88 Å². The molecule has 36 heavy (non-hydrogen) atoms. The first-order valence-corrected chi connectivity index (χ1v) is 13.0. The van der Waals surface area contributed by atoms with Crippen LogP contribution >= 0.6 is 34.5 Å². The zero-order valence-corrected chi connectivity index (χ0v) is 21.7. The molecule has 0 unspecified atom stereocenters. The minimum absolute atomic E-state index is 0.140. The number of nitrogens with one attached hydrogen (secondary N) is 3. The Bertz CT molecular complexity index is 1270. The average molecular weight is 550 g/mol. The lowest BCUT2D eigenvalue weighted by atomic mass is 9.84. The molecule has 1 saturated carbocycles. The predicted molar refractivity (Wildman–Crippen MR) is 141 cm³/mol. The second-order valence-electron chi connectivity index (χ2n) is 8.62. The summed E-state index contributed by atoms with van der Waals surface area (Å²) in [6, 6.07) is 4.79. The summed E-state index contributed by atoms with van der Waals surface area (Å²) in [5.74, 6) is -1.79. The van der Waals surface area contributed by atoms with Crippen LogP contribution in [0.2, 0.25) is 10.0 Å². The van der Waals surface area contributed by atoms with Crippen molar-refractivity contribution in [1.29, 1.82) is 0 Å². The van der Waals surface area contributed by atoms with Crippen LogP contribution in [0.5, 0.6) is 0 Å². The number of amides is 3. The molecule has 2 heterocycles. The van der Waals surface area contributed by atoms with Gasteiger partial charge in [-0.05, 0) is 37.0 Å². The van der Waals surface area contributed by atoms with E-state index in [-0.39, 0.29) is 32.2 Å². The first kappa shape index (κ1) is 26.0. The number of aryl methyl sites for hydroxylation is 1. The van der Waals surface area contributed by atoms with E-state index >= 15 is 0 Å². The number of benzene rings is 1. The van der Waals surface area contributed by atoms with Crippen LogP contribution in [0.4, 0.5) is 15.5 Å². The van der Waals surface area contributed by atoms with Gasteiger partial charge in [-0.2, -0.15) is 5.10 Å². The number of carbonyl (C=O) groups excluding carboxylic acids is 2. The molecule has 3 amide bonds. The van der Waals surface area contributed by atoms with E-state index in [1.807, 2.05) is 0 Å².